The van der Waals surface area contributed by atoms with Gasteiger partial charge in [-0.1, -0.05) is 5.11 Å². The lowest BCUT2D eigenvalue weighted by Gasteiger charge is -2.23. The van der Waals surface area contributed by atoms with E-state index in [1.807, 2.05) is 0 Å². The van der Waals surface area contributed by atoms with Crippen LogP contribution >= 0.6 is 0 Å². The maximum absolute atomic E-state index is 9.17. The summed E-state index contributed by atoms with van der Waals surface area (Å²) in [6.45, 7) is 1.35. The van der Waals surface area contributed by atoms with Crippen molar-refractivity contribution in [3.63, 3.8) is 0 Å². The molecule has 5 nitrogen and oxygen atoms in total. The molecule has 0 aliphatic carbocycles. The first-order chi connectivity index (χ1) is 4.84. The van der Waals surface area contributed by atoms with Gasteiger partial charge >= 0.3 is 0 Å². The van der Waals surface area contributed by atoms with Crippen LogP contribution in [-0.4, -0.2) is 30.3 Å². The summed E-state index contributed by atoms with van der Waals surface area (Å²) in [7, 11) is 0. The maximum atomic E-state index is 9.17. The highest BCUT2D eigenvalue weighted by atomic mass is 16.3. The third-order valence-corrected chi connectivity index (χ3v) is 1.61. The molecule has 10 heavy (non-hydrogen) atoms. The van der Waals surface area contributed by atoms with Crippen LogP contribution in [0.15, 0.2) is 5.11 Å². The van der Waals surface area contributed by atoms with E-state index >= 15 is 0 Å². The van der Waals surface area contributed by atoms with Crippen molar-refractivity contribution in [3.05, 3.63) is 10.4 Å². The molecule has 1 rings (SSSR count). The van der Waals surface area contributed by atoms with Crippen LogP contribution in [0.5, 0.6) is 0 Å². The Bertz CT molecular complexity index is 154. The van der Waals surface area contributed by atoms with Crippen molar-refractivity contribution < 1.29 is 5.11 Å². The van der Waals surface area contributed by atoms with Gasteiger partial charge in [-0.15, -0.1) is 0 Å². The number of piperidine rings is 1. The summed E-state index contributed by atoms with van der Waals surface area (Å²) in [5.74, 6) is 0. The lowest BCUT2D eigenvalue weighted by molar-refractivity contribution is 0.120. The van der Waals surface area contributed by atoms with Crippen LogP contribution in [0.2, 0.25) is 0 Å². The minimum absolute atomic E-state index is 0.230. The smallest absolute Gasteiger partial charge is 0.0749 e. The minimum Gasteiger partial charge on any atom is -0.391 e. The average Bonchev–Trinajstić information content (AvgIpc) is 1.94. The molecule has 0 aromatic heterocycles. The van der Waals surface area contributed by atoms with Gasteiger partial charge in [0, 0.05) is 11.5 Å². The molecule has 1 fully saturated rings. The highest BCUT2D eigenvalue weighted by Crippen LogP contribution is 2.07. The van der Waals surface area contributed by atoms with Crippen LogP contribution in [0.1, 0.15) is 6.42 Å². The first-order valence-corrected chi connectivity index (χ1v) is 3.27. The molecular formula is C5H10N4O. The van der Waals surface area contributed by atoms with Gasteiger partial charge in [0.25, 0.3) is 0 Å². The maximum Gasteiger partial charge on any atom is 0.0749 e. The van der Waals surface area contributed by atoms with Gasteiger partial charge in [0.05, 0.1) is 12.1 Å². The van der Waals surface area contributed by atoms with Crippen LogP contribution in [0, 0.1) is 0 Å². The van der Waals surface area contributed by atoms with Gasteiger partial charge in [-0.3, -0.25) is 0 Å². The van der Waals surface area contributed by atoms with Crippen molar-refractivity contribution in [1.82, 2.24) is 5.32 Å². The third kappa shape index (κ3) is 1.60. The molecule has 0 radical (unpaired) electrons. The highest BCUT2D eigenvalue weighted by molar-refractivity contribution is 4.82. The van der Waals surface area contributed by atoms with Gasteiger partial charge in [0.2, 0.25) is 0 Å². The Morgan fingerprint density at radius 3 is 3.10 bits per heavy atom. The molecule has 1 aliphatic heterocycles. The summed E-state index contributed by atoms with van der Waals surface area (Å²) in [6, 6.07) is -0.230. The fourth-order valence-corrected chi connectivity index (χ4v) is 1.03. The minimum atomic E-state index is -0.510. The Kier molecular flexibility index (Phi) is 2.50. The van der Waals surface area contributed by atoms with Gasteiger partial charge in [0.1, 0.15) is 0 Å². The summed E-state index contributed by atoms with van der Waals surface area (Å²) in [4.78, 5) is 2.65. The molecular weight excluding hydrogens is 132 g/mol. The third-order valence-electron chi connectivity index (χ3n) is 1.61. The van der Waals surface area contributed by atoms with Crippen molar-refractivity contribution in [3.8, 4) is 0 Å². The molecule has 2 atom stereocenters. The van der Waals surface area contributed by atoms with Crippen LogP contribution in [0.4, 0.5) is 0 Å². The van der Waals surface area contributed by atoms with Gasteiger partial charge in [-0.05, 0) is 18.5 Å². The molecule has 56 valence electrons. The lowest BCUT2D eigenvalue weighted by Crippen LogP contribution is -2.42. The summed E-state index contributed by atoms with van der Waals surface area (Å²) in [6.07, 6.45) is 0.218. The van der Waals surface area contributed by atoms with Crippen LogP contribution < -0.4 is 5.32 Å². The Morgan fingerprint density at radius 2 is 2.50 bits per heavy atom. The molecule has 1 aliphatic rings. The monoisotopic (exact) mass is 142 g/mol. The van der Waals surface area contributed by atoms with Crippen LogP contribution in [0.25, 0.3) is 10.4 Å². The summed E-state index contributed by atoms with van der Waals surface area (Å²) in [5.41, 5.74) is 8.06. The molecule has 2 N–H and O–H groups in total. The van der Waals surface area contributed by atoms with Crippen molar-refractivity contribution in [2.24, 2.45) is 5.11 Å². The Balaban J connectivity index is 2.47. The predicted octanol–water partition coefficient (Wildman–Crippen LogP) is 0.0195. The number of nitrogens with zero attached hydrogens (tertiary/aromatic N) is 3. The number of azide groups is 1. The molecule has 1 heterocycles. The van der Waals surface area contributed by atoms with Crippen molar-refractivity contribution in [2.75, 3.05) is 13.1 Å². The van der Waals surface area contributed by atoms with E-state index in [2.05, 4.69) is 15.3 Å². The SMILES string of the molecule is [N-]=[N+]=N[C@H]1CCNC[C@H]1O. The molecule has 0 unspecified atom stereocenters. The van der Waals surface area contributed by atoms with Crippen molar-refractivity contribution in [2.45, 2.75) is 18.6 Å². The summed E-state index contributed by atoms with van der Waals surface area (Å²) >= 11 is 0. The number of β-amino-alcohol motifs (C(OH)–C–C–N with tert-alkyl or cyclic N) is 1. The first-order valence-electron chi connectivity index (χ1n) is 3.27. The van der Waals surface area contributed by atoms with Gasteiger partial charge < -0.3 is 10.4 Å². The number of hydrogen-bond donors (Lipinski definition) is 2. The Labute approximate surface area is 58.7 Å². The second kappa shape index (κ2) is 3.41. The standard InChI is InChI=1S/C5H10N4O/c6-9-8-4-1-2-7-3-5(4)10/h4-5,7,10H,1-3H2/t4-,5+/m0/s1. The van der Waals surface area contributed by atoms with E-state index in [-0.39, 0.29) is 6.04 Å². The summed E-state index contributed by atoms with van der Waals surface area (Å²) < 4.78 is 0. The van der Waals surface area contributed by atoms with E-state index in [9.17, 15) is 5.11 Å². The molecule has 0 aromatic carbocycles. The number of rotatable bonds is 1. The molecule has 0 spiro atoms. The van der Waals surface area contributed by atoms with Crippen LogP contribution in [-0.2, 0) is 0 Å². The van der Waals surface area contributed by atoms with E-state index in [0.29, 0.717) is 6.54 Å². The number of nitrogens with one attached hydrogen (secondary N) is 1. The zero-order valence-corrected chi connectivity index (χ0v) is 5.56. The quantitative estimate of drug-likeness (QED) is 0.307. The van der Waals surface area contributed by atoms with E-state index in [1.165, 1.54) is 0 Å². The topological polar surface area (TPSA) is 81.0 Å². The molecule has 0 saturated carbocycles. The van der Waals surface area contributed by atoms with Crippen LogP contribution in [0.3, 0.4) is 0 Å². The zero-order chi connectivity index (χ0) is 7.40. The summed E-state index contributed by atoms with van der Waals surface area (Å²) in [5, 5.41) is 15.6. The average molecular weight is 142 g/mol. The first kappa shape index (κ1) is 7.34. The van der Waals surface area contributed by atoms with E-state index in [4.69, 9.17) is 5.53 Å². The zero-order valence-electron chi connectivity index (χ0n) is 5.56. The van der Waals surface area contributed by atoms with Gasteiger partial charge in [-0.2, -0.15) is 0 Å². The molecule has 1 saturated heterocycles. The number of hydrogen-bond acceptors (Lipinski definition) is 3. The van der Waals surface area contributed by atoms with Crippen molar-refractivity contribution >= 4 is 0 Å². The van der Waals surface area contributed by atoms with Gasteiger partial charge in [-0.25, -0.2) is 0 Å². The number of aliphatic hydroxyl groups excluding tert-OH is 1. The highest BCUT2D eigenvalue weighted by Gasteiger charge is 2.20. The Morgan fingerprint density at radius 1 is 1.70 bits per heavy atom. The Hall–Kier alpha value is -0.770. The molecule has 5 heteroatoms. The molecule has 0 aromatic rings. The number of aliphatic hydroxyl groups is 1. The predicted molar refractivity (Wildman–Crippen MR) is 36.4 cm³/mol. The largest absolute Gasteiger partial charge is 0.391 e. The lowest BCUT2D eigenvalue weighted by atomic mass is 10.1. The molecule has 0 bridgehead atoms. The second-order valence-electron chi connectivity index (χ2n) is 2.33. The van der Waals surface area contributed by atoms with E-state index in [1.54, 1.807) is 0 Å². The second-order valence-corrected chi connectivity index (χ2v) is 2.33. The fraction of sp³-hybridized carbons (Fsp3) is 1.00. The van der Waals surface area contributed by atoms with E-state index in [0.717, 1.165) is 13.0 Å². The van der Waals surface area contributed by atoms with Crippen molar-refractivity contribution in [1.29, 1.82) is 0 Å². The fourth-order valence-electron chi connectivity index (χ4n) is 1.03. The molecule has 0 amide bonds. The van der Waals surface area contributed by atoms with Gasteiger partial charge in [0.15, 0.2) is 0 Å². The normalized spacial score (nSPS) is 32.9. The van der Waals surface area contributed by atoms with E-state index < -0.39 is 6.10 Å².